The molecule has 0 fully saturated rings. The van der Waals surface area contributed by atoms with Gasteiger partial charge in [-0.05, 0) is 81.9 Å². The number of halogens is 6. The van der Waals surface area contributed by atoms with Crippen molar-refractivity contribution in [3.63, 3.8) is 0 Å². The number of carbonyl (C=O) groups excluding carboxylic acids is 3. The SMILES string of the molecule is CO/C=C(\c1ccccc1)c1ccccc1Cl.O=C(Cl)c1ccccc1Cl.O=C(O)C(c1ccccc1)c1ccccc1Cl.O=C(c1ccccc1)c1ccccc1Cl.O=CC(c1ccccc1)c1ccccc1Cl. The van der Waals surface area contributed by atoms with Gasteiger partial charge in [0.2, 0.25) is 0 Å². The summed E-state index contributed by atoms with van der Waals surface area (Å²) in [7, 11) is 1.64. The number of aliphatic carboxylic acids is 1. The topological polar surface area (TPSA) is 97.7 Å². The van der Waals surface area contributed by atoms with Crippen molar-refractivity contribution in [2.75, 3.05) is 7.11 Å². The fourth-order valence-corrected chi connectivity index (χ4v) is 8.63. The molecule has 0 saturated carbocycles. The van der Waals surface area contributed by atoms with Crippen LogP contribution in [-0.4, -0.2) is 35.5 Å². The van der Waals surface area contributed by atoms with Gasteiger partial charge in [0.1, 0.15) is 12.2 Å². The number of carbonyl (C=O) groups is 4. The molecule has 0 spiro atoms. The van der Waals surface area contributed by atoms with E-state index in [1.165, 1.54) is 0 Å². The third kappa shape index (κ3) is 18.0. The molecule has 378 valence electrons. The van der Waals surface area contributed by atoms with Crippen molar-refractivity contribution >= 4 is 98.5 Å². The number of benzene rings is 9. The van der Waals surface area contributed by atoms with E-state index in [1.54, 1.807) is 104 Å². The average Bonchev–Trinajstić information content (AvgIpc) is 3.44. The highest BCUT2D eigenvalue weighted by Crippen LogP contribution is 2.32. The monoisotopic (exact) mass is 1110 g/mol. The van der Waals surface area contributed by atoms with E-state index in [9.17, 15) is 24.3 Å². The van der Waals surface area contributed by atoms with Crippen LogP contribution < -0.4 is 0 Å². The molecule has 9 rings (SSSR count). The molecule has 2 atom stereocenters. The molecule has 0 aromatic heterocycles. The largest absolute Gasteiger partial charge is 0.504 e. The number of ketones is 1. The predicted octanol–water partition coefficient (Wildman–Crippen LogP) is 17.9. The number of hydrogen-bond donors (Lipinski definition) is 1. The van der Waals surface area contributed by atoms with Crippen molar-refractivity contribution in [1.82, 2.24) is 0 Å². The zero-order chi connectivity index (χ0) is 54.0. The molecule has 0 heterocycles. The second kappa shape index (κ2) is 31.5. The van der Waals surface area contributed by atoms with E-state index in [-0.39, 0.29) is 11.7 Å². The second-order valence-electron chi connectivity index (χ2n) is 15.8. The van der Waals surface area contributed by atoms with Gasteiger partial charge >= 0.3 is 5.97 Å². The standard InChI is InChI=1S/C15H13ClO.C14H11ClO2.C14H11ClO.C13H9ClO.C7H4Cl2O/c1-17-11-14(12-7-3-2-4-8-12)13-9-5-6-10-15(13)16;15-12-9-5-4-8-11(12)13(14(16)17)10-6-2-1-3-7-10;15-14-9-5-4-8-12(14)13(10-16)11-6-2-1-3-7-11;14-12-9-5-4-8-11(12)13(15)10-6-2-1-3-7-10;8-6-4-2-1-3-5(6)7(9)10/h2-11H,1H3;1-9,13H,(H,16,17);1-10,13H;1-9H;1-4H/b14-11+;;;;. The van der Waals surface area contributed by atoms with Crippen LogP contribution in [0.25, 0.3) is 5.57 Å². The average molecular weight is 1110 g/mol. The number of ether oxygens (including phenoxy) is 1. The minimum absolute atomic E-state index is 0.0406. The number of carboxylic acid groups (broad SMARTS) is 1. The summed E-state index contributed by atoms with van der Waals surface area (Å²) >= 11 is 35.1. The molecular weight excluding hydrogens is 1070 g/mol. The number of methoxy groups -OCH3 is 1. The van der Waals surface area contributed by atoms with Gasteiger partial charge in [-0.2, -0.15) is 0 Å². The quantitative estimate of drug-likeness (QED) is 0.0566. The predicted molar refractivity (Wildman–Crippen MR) is 308 cm³/mol. The van der Waals surface area contributed by atoms with Crippen LogP contribution in [0.15, 0.2) is 249 Å². The highest BCUT2D eigenvalue weighted by molar-refractivity contribution is 6.68. The maximum Gasteiger partial charge on any atom is 0.315 e. The molecule has 0 radical (unpaired) electrons. The first kappa shape index (κ1) is 58.6. The molecular formula is C63H48Cl6O6. The number of hydrogen-bond acceptors (Lipinski definition) is 5. The first-order valence-corrected chi connectivity index (χ1v) is 25.2. The van der Waals surface area contributed by atoms with E-state index in [0.29, 0.717) is 42.3 Å². The molecule has 1 N–H and O–H groups in total. The Kier molecular flexibility index (Phi) is 24.6. The van der Waals surface area contributed by atoms with Crippen molar-refractivity contribution in [3.05, 3.63) is 324 Å². The van der Waals surface area contributed by atoms with Crippen LogP contribution in [0.1, 0.15) is 71.5 Å². The maximum atomic E-state index is 12.0. The third-order valence-corrected chi connectivity index (χ3v) is 12.7. The summed E-state index contributed by atoms with van der Waals surface area (Å²) in [4.78, 5) is 45.1. The molecule has 0 saturated heterocycles. The van der Waals surface area contributed by atoms with Gasteiger partial charge in [-0.3, -0.25) is 14.4 Å². The summed E-state index contributed by atoms with van der Waals surface area (Å²) in [6.45, 7) is 0. The van der Waals surface area contributed by atoms with Gasteiger partial charge in [0, 0.05) is 37.3 Å². The Labute approximate surface area is 467 Å². The molecule has 9 aromatic carbocycles. The summed E-state index contributed by atoms with van der Waals surface area (Å²) in [6.07, 6.45) is 2.65. The second-order valence-corrected chi connectivity index (χ2v) is 18.2. The number of carboxylic acids is 1. The van der Waals surface area contributed by atoms with Crippen LogP contribution in [0.2, 0.25) is 25.1 Å². The Bertz CT molecular complexity index is 3260. The lowest BCUT2D eigenvalue weighted by molar-refractivity contribution is -0.137. The summed E-state index contributed by atoms with van der Waals surface area (Å²) in [6, 6.07) is 73.8. The molecule has 75 heavy (non-hydrogen) atoms. The Balaban J connectivity index is 0.000000175. The molecule has 0 aliphatic carbocycles. The van der Waals surface area contributed by atoms with Crippen molar-refractivity contribution in [3.8, 4) is 0 Å². The minimum Gasteiger partial charge on any atom is -0.504 e. The molecule has 0 amide bonds. The van der Waals surface area contributed by atoms with Gasteiger partial charge in [0.05, 0.1) is 34.9 Å². The molecule has 0 bridgehead atoms. The fraction of sp³-hybridized carbons (Fsp3) is 0.0476. The summed E-state index contributed by atoms with van der Waals surface area (Å²) in [5, 5.41) is 11.5. The molecule has 6 nitrogen and oxygen atoms in total. The van der Waals surface area contributed by atoms with Gasteiger partial charge < -0.3 is 14.6 Å². The number of rotatable bonds is 12. The summed E-state index contributed by atoms with van der Waals surface area (Å²) < 4.78 is 5.15. The minimum atomic E-state index is -0.899. The Hall–Kier alpha value is -7.26. The van der Waals surface area contributed by atoms with Gasteiger partial charge in [-0.25, -0.2) is 0 Å². The fourth-order valence-electron chi connectivity index (χ4n) is 7.24. The lowest BCUT2D eigenvalue weighted by atomic mass is 9.91. The normalized spacial score (nSPS) is 11.1. The van der Waals surface area contributed by atoms with E-state index >= 15 is 0 Å². The Morgan fingerprint density at radius 1 is 0.427 bits per heavy atom. The first-order valence-electron chi connectivity index (χ1n) is 22.9. The van der Waals surface area contributed by atoms with Crippen LogP contribution in [0, 0.1) is 0 Å². The van der Waals surface area contributed by atoms with E-state index in [2.05, 4.69) is 0 Å². The van der Waals surface area contributed by atoms with Gasteiger partial charge in [-0.1, -0.05) is 258 Å². The third-order valence-electron chi connectivity index (χ3n) is 10.9. The molecule has 0 aliphatic heterocycles. The van der Waals surface area contributed by atoms with E-state index < -0.39 is 17.1 Å². The number of aldehydes is 1. The van der Waals surface area contributed by atoms with Crippen LogP contribution in [-0.2, 0) is 14.3 Å². The Morgan fingerprint density at radius 2 is 0.787 bits per heavy atom. The summed E-state index contributed by atoms with van der Waals surface area (Å²) in [5.41, 5.74) is 7.77. The Morgan fingerprint density at radius 3 is 1.19 bits per heavy atom. The van der Waals surface area contributed by atoms with Crippen LogP contribution in [0.3, 0.4) is 0 Å². The van der Waals surface area contributed by atoms with E-state index in [0.717, 1.165) is 44.7 Å². The lowest BCUT2D eigenvalue weighted by Crippen LogP contribution is -2.13. The lowest BCUT2D eigenvalue weighted by Gasteiger charge is -2.14. The van der Waals surface area contributed by atoms with Gasteiger partial charge in [0.25, 0.3) is 5.24 Å². The molecule has 9 aromatic rings. The highest BCUT2D eigenvalue weighted by atomic mass is 35.5. The van der Waals surface area contributed by atoms with E-state index in [1.807, 2.05) is 152 Å². The molecule has 2 unspecified atom stereocenters. The highest BCUT2D eigenvalue weighted by Gasteiger charge is 2.24. The van der Waals surface area contributed by atoms with Crippen molar-refractivity contribution in [2.24, 2.45) is 0 Å². The van der Waals surface area contributed by atoms with Crippen LogP contribution in [0.4, 0.5) is 0 Å². The smallest absolute Gasteiger partial charge is 0.315 e. The zero-order valence-electron chi connectivity index (χ0n) is 40.2. The van der Waals surface area contributed by atoms with Gasteiger partial charge in [-0.15, -0.1) is 0 Å². The van der Waals surface area contributed by atoms with E-state index in [4.69, 9.17) is 74.3 Å². The van der Waals surface area contributed by atoms with Crippen molar-refractivity contribution in [2.45, 2.75) is 11.8 Å². The molecule has 12 heteroatoms. The first-order chi connectivity index (χ1) is 36.4. The maximum absolute atomic E-state index is 12.0. The van der Waals surface area contributed by atoms with Crippen LogP contribution >= 0.6 is 69.6 Å². The molecule has 0 aliphatic rings. The van der Waals surface area contributed by atoms with Crippen LogP contribution in [0.5, 0.6) is 0 Å². The van der Waals surface area contributed by atoms with Crippen molar-refractivity contribution in [1.29, 1.82) is 0 Å². The summed E-state index contributed by atoms with van der Waals surface area (Å²) in [5.74, 6) is -1.94. The van der Waals surface area contributed by atoms with Crippen molar-refractivity contribution < 1.29 is 29.0 Å². The van der Waals surface area contributed by atoms with Gasteiger partial charge in [0.15, 0.2) is 5.78 Å². The zero-order valence-corrected chi connectivity index (χ0v) is 44.7.